The predicted octanol–water partition coefficient (Wildman–Crippen LogP) is 9.23. The summed E-state index contributed by atoms with van der Waals surface area (Å²) in [7, 11) is -28.9. The van der Waals surface area contributed by atoms with Crippen LogP contribution in [0.25, 0.3) is 0 Å². The average molecular weight is 868 g/mol. The molecule has 0 aromatic rings. The molecule has 0 atom stereocenters. The quantitative estimate of drug-likeness (QED) is 0.0591. The second kappa shape index (κ2) is 17.7. The standard InChI is InChI=1S/C28H74O11Si10/c1-24-25-30-28(29)27(2)26-49(37-46(21,31-40(3,4)5)32-41(6,7)8,38-47(22,33-42(9,10)11)34-43(12,13)14)39-48(23,35-44(15,16)17)36-45(18,19)20/h26H,24-25H2,1-23H3/b27-26+. The normalized spacial score (nSPS) is 15.5. The molecule has 0 aliphatic rings. The second-order valence-corrected chi connectivity index (χ2v) is 58.1. The summed E-state index contributed by atoms with van der Waals surface area (Å²) in [5, 5.41) is 0. The highest BCUT2D eigenvalue weighted by molar-refractivity contribution is 6.96. The molecule has 0 amide bonds. The number of hydrogen-bond acceptors (Lipinski definition) is 11. The molecule has 0 saturated heterocycles. The molecule has 0 aliphatic carbocycles. The van der Waals surface area contributed by atoms with E-state index < -0.39 is 91.1 Å². The molecule has 0 spiro atoms. The molecule has 11 nitrogen and oxygen atoms in total. The topological polar surface area (TPSA) is 109 Å². The van der Waals surface area contributed by atoms with Crippen molar-refractivity contribution in [1.29, 1.82) is 0 Å². The van der Waals surface area contributed by atoms with Gasteiger partial charge in [0, 0.05) is 25.2 Å². The molecule has 21 heteroatoms. The van der Waals surface area contributed by atoms with Crippen LogP contribution in [0.15, 0.2) is 11.3 Å². The maximum atomic E-state index is 13.5. The Labute approximate surface area is 311 Å². The van der Waals surface area contributed by atoms with Crippen molar-refractivity contribution in [2.75, 3.05) is 6.61 Å². The summed E-state index contributed by atoms with van der Waals surface area (Å²) in [6.07, 6.45) is 0.683. The first-order valence-corrected chi connectivity index (χ1v) is 46.3. The van der Waals surface area contributed by atoms with E-state index in [1.165, 1.54) is 0 Å². The highest BCUT2D eigenvalue weighted by atomic mass is 28.6. The number of esters is 1. The lowest BCUT2D eigenvalue weighted by Gasteiger charge is -2.48. The third-order valence-corrected chi connectivity index (χ3v) is 37.3. The molecule has 0 rings (SSSR count). The van der Waals surface area contributed by atoms with Gasteiger partial charge in [-0.05, 0) is 137 Å². The molecule has 49 heavy (non-hydrogen) atoms. The smallest absolute Gasteiger partial charge is 0.462 e. The Morgan fingerprint density at radius 1 is 0.429 bits per heavy atom. The van der Waals surface area contributed by atoms with Crippen molar-refractivity contribution >= 4 is 91.1 Å². The highest BCUT2D eigenvalue weighted by Gasteiger charge is 2.63. The Bertz CT molecular complexity index is 944. The zero-order chi connectivity index (χ0) is 39.3. The van der Waals surface area contributed by atoms with Crippen LogP contribution in [0.5, 0.6) is 0 Å². The van der Waals surface area contributed by atoms with Crippen LogP contribution < -0.4 is 0 Å². The van der Waals surface area contributed by atoms with Gasteiger partial charge in [0.1, 0.15) is 0 Å². The third-order valence-electron chi connectivity index (χ3n) is 5.08. The predicted molar refractivity (Wildman–Crippen MR) is 225 cm³/mol. The fourth-order valence-corrected chi connectivity index (χ4v) is 45.8. The number of hydrogen-bond donors (Lipinski definition) is 0. The van der Waals surface area contributed by atoms with Gasteiger partial charge in [0.05, 0.1) is 6.61 Å². The van der Waals surface area contributed by atoms with E-state index >= 15 is 0 Å². The lowest BCUT2D eigenvalue weighted by molar-refractivity contribution is -0.139. The zero-order valence-electron chi connectivity index (χ0n) is 35.5. The first kappa shape index (κ1) is 50.0. The van der Waals surface area contributed by atoms with E-state index in [0.29, 0.717) is 6.42 Å². The zero-order valence-corrected chi connectivity index (χ0v) is 45.5. The Balaban J connectivity index is 8.35. The fraction of sp³-hybridized carbons (Fsp3) is 0.893. The molecular weight excluding hydrogens is 793 g/mol. The van der Waals surface area contributed by atoms with Gasteiger partial charge in [0.2, 0.25) is 0 Å². The van der Waals surface area contributed by atoms with Crippen molar-refractivity contribution in [3.05, 3.63) is 11.3 Å². The molecular formula is C28H74O11Si10. The van der Waals surface area contributed by atoms with Crippen LogP contribution in [-0.4, -0.2) is 97.7 Å². The van der Waals surface area contributed by atoms with Crippen molar-refractivity contribution in [3.8, 4) is 0 Å². The highest BCUT2D eigenvalue weighted by Crippen LogP contribution is 2.36. The first-order valence-electron chi connectivity index (χ1n) is 17.4. The van der Waals surface area contributed by atoms with E-state index in [0.717, 1.165) is 0 Å². The molecule has 0 aromatic heterocycles. The molecule has 0 fully saturated rings. The Hall–Kier alpha value is 1.02. The molecule has 292 valence electrons. The maximum Gasteiger partial charge on any atom is 0.508 e. The molecule has 0 N–H and O–H groups in total. The van der Waals surface area contributed by atoms with Crippen LogP contribution in [-0.2, 0) is 46.6 Å². The minimum atomic E-state index is -4.36. The van der Waals surface area contributed by atoms with E-state index in [-0.39, 0.29) is 12.2 Å². The molecule has 0 aromatic carbocycles. The van der Waals surface area contributed by atoms with E-state index in [4.69, 9.17) is 41.8 Å². The Morgan fingerprint density at radius 3 is 0.837 bits per heavy atom. The summed E-state index contributed by atoms with van der Waals surface area (Å²) in [6.45, 7) is 47.5. The fourth-order valence-electron chi connectivity index (χ4n) is 5.08. The minimum absolute atomic E-state index is 0.277. The maximum absolute atomic E-state index is 13.5. The van der Waals surface area contributed by atoms with Gasteiger partial charge in [0.25, 0.3) is 0 Å². The number of ether oxygens (including phenoxy) is 1. The van der Waals surface area contributed by atoms with Gasteiger partial charge in [-0.25, -0.2) is 4.79 Å². The van der Waals surface area contributed by atoms with Crippen molar-refractivity contribution in [2.24, 2.45) is 0 Å². The van der Waals surface area contributed by atoms with Crippen molar-refractivity contribution in [3.63, 3.8) is 0 Å². The molecule has 0 unspecified atom stereocenters. The molecule has 0 aliphatic heterocycles. The van der Waals surface area contributed by atoms with Crippen LogP contribution in [0.3, 0.4) is 0 Å². The van der Waals surface area contributed by atoms with Crippen molar-refractivity contribution < 1.29 is 46.6 Å². The molecule has 0 heterocycles. The van der Waals surface area contributed by atoms with Crippen molar-refractivity contribution in [1.82, 2.24) is 0 Å². The summed E-state index contributed by atoms with van der Waals surface area (Å²) in [5.41, 5.74) is 1.96. The van der Waals surface area contributed by atoms with E-state index in [1.54, 1.807) is 12.6 Å². The number of carbonyl (C=O) groups excluding carboxylic acids is 1. The molecule has 0 saturated carbocycles. The van der Waals surface area contributed by atoms with Crippen molar-refractivity contribution in [2.45, 2.75) is 158 Å². The van der Waals surface area contributed by atoms with Crippen LogP contribution in [0.1, 0.15) is 20.3 Å². The van der Waals surface area contributed by atoms with Gasteiger partial charge < -0.3 is 41.8 Å². The van der Waals surface area contributed by atoms with Gasteiger partial charge >= 0.3 is 41.2 Å². The van der Waals surface area contributed by atoms with Gasteiger partial charge in [-0.3, -0.25) is 0 Å². The SMILES string of the molecule is CCCOC(=O)/C(C)=C/[Si](O[Si](C)(O[Si](C)(C)C)O[Si](C)(C)C)(O[Si](C)(O[Si](C)(C)C)O[Si](C)(C)C)O[Si](C)(O[Si](C)(C)C)O[Si](C)(C)C. The van der Waals surface area contributed by atoms with Gasteiger partial charge in [0.15, 0.2) is 49.9 Å². The average Bonchev–Trinajstić information content (AvgIpc) is 2.67. The Morgan fingerprint density at radius 2 is 0.653 bits per heavy atom. The third kappa shape index (κ3) is 23.4. The summed E-state index contributed by atoms with van der Waals surface area (Å²) in [6, 6.07) is 0. The minimum Gasteiger partial charge on any atom is -0.462 e. The van der Waals surface area contributed by atoms with Gasteiger partial charge in [-0.15, -0.1) is 0 Å². The van der Waals surface area contributed by atoms with E-state index in [1.807, 2.05) is 26.6 Å². The summed E-state index contributed by atoms with van der Waals surface area (Å²) >= 11 is 0. The summed E-state index contributed by atoms with van der Waals surface area (Å²) < 4.78 is 69.0. The largest absolute Gasteiger partial charge is 0.508 e. The number of carbonyl (C=O) groups is 1. The first-order chi connectivity index (χ1) is 21.2. The molecule has 0 bridgehead atoms. The van der Waals surface area contributed by atoms with Crippen LogP contribution in [0.4, 0.5) is 0 Å². The van der Waals surface area contributed by atoms with Gasteiger partial charge in [-0.2, -0.15) is 0 Å². The van der Waals surface area contributed by atoms with Crippen LogP contribution in [0, 0.1) is 0 Å². The lowest BCUT2D eigenvalue weighted by Crippen LogP contribution is -2.70. The van der Waals surface area contributed by atoms with Crippen LogP contribution in [0.2, 0.25) is 137 Å². The Kier molecular flexibility index (Phi) is 18.0. The molecule has 0 radical (unpaired) electrons. The number of rotatable bonds is 22. The summed E-state index contributed by atoms with van der Waals surface area (Å²) in [5.74, 6) is -0.490. The van der Waals surface area contributed by atoms with E-state index in [9.17, 15) is 4.79 Å². The van der Waals surface area contributed by atoms with Crippen LogP contribution >= 0.6 is 0 Å². The summed E-state index contributed by atoms with van der Waals surface area (Å²) in [4.78, 5) is 13.5. The lowest BCUT2D eigenvalue weighted by atomic mass is 10.4. The monoisotopic (exact) mass is 866 g/mol. The van der Waals surface area contributed by atoms with Gasteiger partial charge in [-0.1, -0.05) is 6.92 Å². The second-order valence-electron chi connectivity index (χ2n) is 18.7. The van der Waals surface area contributed by atoms with E-state index in [2.05, 4.69) is 118 Å².